The fourth-order valence-electron chi connectivity index (χ4n) is 1.19. The van der Waals surface area contributed by atoms with Crippen molar-refractivity contribution >= 4 is 17.1 Å². The molecule has 1 N–H and O–H groups in total. The molecule has 0 fully saturated rings. The Bertz CT molecular complexity index is 465. The maximum absolute atomic E-state index is 10.4. The number of fused-ring (bicyclic) bond motifs is 1. The quantitative estimate of drug-likeness (QED) is 0.756. The van der Waals surface area contributed by atoms with Gasteiger partial charge in [0.05, 0.1) is 18.9 Å². The first-order valence-electron chi connectivity index (χ1n) is 4.10. The number of hydrogen-bond donors (Lipinski definition) is 1. The molecule has 2 aromatic heterocycles. The Morgan fingerprint density at radius 1 is 1.50 bits per heavy atom. The number of carbonyl (C=O) groups is 1. The van der Waals surface area contributed by atoms with Crippen LogP contribution in [0.15, 0.2) is 18.9 Å². The van der Waals surface area contributed by atoms with Crippen molar-refractivity contribution in [3.8, 4) is 0 Å². The fourth-order valence-corrected chi connectivity index (χ4v) is 1.19. The summed E-state index contributed by atoms with van der Waals surface area (Å²) in [6.45, 7) is 0.378. The first-order valence-corrected chi connectivity index (χ1v) is 4.10. The molecule has 2 rings (SSSR count). The number of aryl methyl sites for hydroxylation is 1. The van der Waals surface area contributed by atoms with Crippen molar-refractivity contribution in [3.63, 3.8) is 0 Å². The highest BCUT2D eigenvalue weighted by molar-refractivity contribution is 5.70. The first-order chi connectivity index (χ1) is 6.77. The average molecular weight is 192 g/mol. The minimum absolute atomic E-state index is 0.0649. The zero-order chi connectivity index (χ0) is 9.97. The minimum Gasteiger partial charge on any atom is -0.481 e. The highest BCUT2D eigenvalue weighted by atomic mass is 16.4. The van der Waals surface area contributed by atoms with E-state index >= 15 is 0 Å². The van der Waals surface area contributed by atoms with E-state index in [2.05, 4.69) is 15.0 Å². The normalized spacial score (nSPS) is 10.6. The molecule has 0 aromatic carbocycles. The number of aromatic nitrogens is 4. The summed E-state index contributed by atoms with van der Waals surface area (Å²) in [6.07, 6.45) is 4.65. The molecule has 2 aromatic rings. The molecule has 0 aliphatic rings. The Hall–Kier alpha value is -1.98. The lowest BCUT2D eigenvalue weighted by molar-refractivity contribution is -0.137. The smallest absolute Gasteiger partial charge is 0.305 e. The first kappa shape index (κ1) is 8.61. The number of nitrogens with zero attached hydrogens (tertiary/aromatic N) is 4. The zero-order valence-corrected chi connectivity index (χ0v) is 7.29. The van der Waals surface area contributed by atoms with Gasteiger partial charge in [0.15, 0.2) is 5.65 Å². The van der Waals surface area contributed by atoms with Crippen molar-refractivity contribution in [2.75, 3.05) is 0 Å². The maximum Gasteiger partial charge on any atom is 0.305 e. The van der Waals surface area contributed by atoms with Crippen LogP contribution in [-0.4, -0.2) is 30.6 Å². The standard InChI is InChI=1S/C8H8N4O2/c13-7(14)1-2-12-5-11-6-3-9-4-10-8(6)12/h3-5H,1-2H2,(H,13,14). The van der Waals surface area contributed by atoms with Crippen molar-refractivity contribution in [2.45, 2.75) is 13.0 Å². The van der Waals surface area contributed by atoms with Gasteiger partial charge in [0.2, 0.25) is 0 Å². The van der Waals surface area contributed by atoms with Crippen molar-refractivity contribution < 1.29 is 9.90 Å². The van der Waals surface area contributed by atoms with Crippen LogP contribution in [0.4, 0.5) is 0 Å². The van der Waals surface area contributed by atoms with E-state index in [4.69, 9.17) is 5.11 Å². The molecule has 0 radical (unpaired) electrons. The molecule has 0 aliphatic heterocycles. The average Bonchev–Trinajstić information content (AvgIpc) is 2.58. The van der Waals surface area contributed by atoms with E-state index < -0.39 is 5.97 Å². The minimum atomic E-state index is -0.832. The van der Waals surface area contributed by atoms with Gasteiger partial charge < -0.3 is 9.67 Å². The second kappa shape index (κ2) is 3.41. The summed E-state index contributed by atoms with van der Waals surface area (Å²) in [5.74, 6) is -0.832. The molecule has 0 bridgehead atoms. The van der Waals surface area contributed by atoms with Gasteiger partial charge >= 0.3 is 5.97 Å². The van der Waals surface area contributed by atoms with Crippen LogP contribution in [-0.2, 0) is 11.3 Å². The molecule has 0 saturated carbocycles. The molecule has 0 amide bonds. The lowest BCUT2D eigenvalue weighted by Gasteiger charge is -1.98. The molecule has 0 unspecified atom stereocenters. The van der Waals surface area contributed by atoms with Crippen LogP contribution >= 0.6 is 0 Å². The van der Waals surface area contributed by atoms with Crippen LogP contribution in [0.3, 0.4) is 0 Å². The molecule has 14 heavy (non-hydrogen) atoms. The summed E-state index contributed by atoms with van der Waals surface area (Å²) >= 11 is 0. The van der Waals surface area contributed by atoms with Crippen molar-refractivity contribution in [1.82, 2.24) is 19.5 Å². The Morgan fingerprint density at radius 3 is 3.14 bits per heavy atom. The largest absolute Gasteiger partial charge is 0.481 e. The van der Waals surface area contributed by atoms with Gasteiger partial charge in [-0.3, -0.25) is 4.79 Å². The number of imidazole rings is 1. The van der Waals surface area contributed by atoms with E-state index in [1.54, 1.807) is 17.1 Å². The van der Waals surface area contributed by atoms with E-state index in [0.29, 0.717) is 17.7 Å². The molecule has 0 spiro atoms. The topological polar surface area (TPSA) is 80.9 Å². The number of aliphatic carboxylic acids is 1. The molecular weight excluding hydrogens is 184 g/mol. The lowest BCUT2D eigenvalue weighted by atomic mass is 10.4. The Kier molecular flexibility index (Phi) is 2.10. The monoisotopic (exact) mass is 192 g/mol. The van der Waals surface area contributed by atoms with Gasteiger partial charge in [-0.2, -0.15) is 0 Å². The highest BCUT2D eigenvalue weighted by Crippen LogP contribution is 2.07. The van der Waals surface area contributed by atoms with Crippen LogP contribution in [0.25, 0.3) is 11.2 Å². The lowest BCUT2D eigenvalue weighted by Crippen LogP contribution is -2.03. The molecule has 0 atom stereocenters. The molecule has 6 nitrogen and oxygen atoms in total. The summed E-state index contributed by atoms with van der Waals surface area (Å²) in [4.78, 5) is 22.2. The molecule has 2 heterocycles. The molecule has 0 aliphatic carbocycles. The predicted octanol–water partition coefficient (Wildman–Crippen LogP) is 0.301. The van der Waals surface area contributed by atoms with Crippen LogP contribution in [0.1, 0.15) is 6.42 Å². The number of rotatable bonds is 3. The van der Waals surface area contributed by atoms with Crippen LogP contribution in [0, 0.1) is 0 Å². The van der Waals surface area contributed by atoms with Crippen molar-refractivity contribution in [3.05, 3.63) is 18.9 Å². The zero-order valence-electron chi connectivity index (χ0n) is 7.29. The van der Waals surface area contributed by atoms with Crippen LogP contribution in [0.5, 0.6) is 0 Å². The van der Waals surface area contributed by atoms with Crippen LogP contribution in [0.2, 0.25) is 0 Å². The molecular formula is C8H8N4O2. The van der Waals surface area contributed by atoms with Crippen molar-refractivity contribution in [2.24, 2.45) is 0 Å². The summed E-state index contributed by atoms with van der Waals surface area (Å²) < 4.78 is 1.70. The maximum atomic E-state index is 10.4. The predicted molar refractivity (Wildman–Crippen MR) is 47.6 cm³/mol. The molecule has 0 saturated heterocycles. The molecule has 6 heteroatoms. The Balaban J connectivity index is 2.29. The second-order valence-electron chi connectivity index (χ2n) is 2.81. The van der Waals surface area contributed by atoms with Crippen molar-refractivity contribution in [1.29, 1.82) is 0 Å². The van der Waals surface area contributed by atoms with Gasteiger partial charge in [-0.25, -0.2) is 15.0 Å². The van der Waals surface area contributed by atoms with Gasteiger partial charge in [-0.05, 0) is 0 Å². The Labute approximate surface area is 79.2 Å². The highest BCUT2D eigenvalue weighted by Gasteiger charge is 2.04. The molecule has 72 valence electrons. The Morgan fingerprint density at radius 2 is 2.36 bits per heavy atom. The third-order valence-corrected chi connectivity index (χ3v) is 1.85. The van der Waals surface area contributed by atoms with E-state index in [-0.39, 0.29) is 6.42 Å². The SMILES string of the molecule is O=C(O)CCn1cnc2cncnc21. The second-order valence-corrected chi connectivity index (χ2v) is 2.81. The van der Waals surface area contributed by atoms with Crippen LogP contribution < -0.4 is 0 Å². The number of hydrogen-bond acceptors (Lipinski definition) is 4. The summed E-state index contributed by atoms with van der Waals surface area (Å²) in [5.41, 5.74) is 1.35. The fraction of sp³-hybridized carbons (Fsp3) is 0.250. The number of carboxylic acids is 1. The van der Waals surface area contributed by atoms with Gasteiger partial charge in [0.25, 0.3) is 0 Å². The van der Waals surface area contributed by atoms with E-state index in [1.165, 1.54) is 6.33 Å². The van der Waals surface area contributed by atoms with E-state index in [1.807, 2.05) is 0 Å². The van der Waals surface area contributed by atoms with E-state index in [9.17, 15) is 4.79 Å². The summed E-state index contributed by atoms with van der Waals surface area (Å²) in [7, 11) is 0. The third-order valence-electron chi connectivity index (χ3n) is 1.85. The van der Waals surface area contributed by atoms with Gasteiger partial charge in [0.1, 0.15) is 11.8 Å². The number of carboxylic acid groups (broad SMARTS) is 1. The van der Waals surface area contributed by atoms with E-state index in [0.717, 1.165) is 0 Å². The van der Waals surface area contributed by atoms with Gasteiger partial charge in [-0.15, -0.1) is 0 Å². The van der Waals surface area contributed by atoms with Gasteiger partial charge in [0, 0.05) is 6.54 Å². The summed E-state index contributed by atoms with van der Waals surface area (Å²) in [5, 5.41) is 8.52. The summed E-state index contributed by atoms with van der Waals surface area (Å²) in [6, 6.07) is 0. The van der Waals surface area contributed by atoms with Gasteiger partial charge in [-0.1, -0.05) is 0 Å². The third kappa shape index (κ3) is 1.54.